The maximum Gasteiger partial charge on any atom is 0.225 e. The van der Waals surface area contributed by atoms with E-state index in [-0.39, 0.29) is 0 Å². The van der Waals surface area contributed by atoms with Crippen LogP contribution in [-0.2, 0) is 11.2 Å². The van der Waals surface area contributed by atoms with Gasteiger partial charge in [-0.05, 0) is 48.9 Å². The van der Waals surface area contributed by atoms with Crippen molar-refractivity contribution in [1.82, 2.24) is 9.88 Å². The lowest BCUT2D eigenvalue weighted by atomic mass is 9.97. The molecule has 1 aliphatic carbocycles. The molecule has 154 valence electrons. The van der Waals surface area contributed by atoms with Gasteiger partial charge in [0.25, 0.3) is 0 Å². The molecular formula is C27H30N2O. The Balaban J connectivity index is 0.00000106. The van der Waals surface area contributed by atoms with Gasteiger partial charge in [-0.2, -0.15) is 0 Å². The number of carbonyl (C=O) groups excluding carboxylic acids is 1. The second-order valence-corrected chi connectivity index (χ2v) is 7.96. The molecule has 5 rings (SSSR count). The molecule has 1 aliphatic heterocycles. The Hall–Kier alpha value is -2.94. The van der Waals surface area contributed by atoms with Crippen LogP contribution in [0.3, 0.4) is 0 Å². The van der Waals surface area contributed by atoms with E-state index in [1.807, 2.05) is 43.1 Å². The van der Waals surface area contributed by atoms with Gasteiger partial charge in [-0.3, -0.25) is 9.78 Å². The molecule has 0 atom stereocenters. The molecule has 0 radical (unpaired) electrons. The molecule has 1 aromatic heterocycles. The van der Waals surface area contributed by atoms with Gasteiger partial charge in [0, 0.05) is 36.2 Å². The molecule has 2 aliphatic rings. The summed E-state index contributed by atoms with van der Waals surface area (Å²) < 4.78 is 0. The number of benzene rings is 2. The van der Waals surface area contributed by atoms with Gasteiger partial charge in [0.05, 0.1) is 5.52 Å². The summed E-state index contributed by atoms with van der Waals surface area (Å²) in [5, 5.41) is 1.17. The lowest BCUT2D eigenvalue weighted by Gasteiger charge is -2.26. The van der Waals surface area contributed by atoms with E-state index in [1.54, 1.807) is 0 Å². The molecule has 0 unspecified atom stereocenters. The maximum atomic E-state index is 12.2. The van der Waals surface area contributed by atoms with E-state index in [2.05, 4.69) is 47.5 Å². The van der Waals surface area contributed by atoms with E-state index >= 15 is 0 Å². The van der Waals surface area contributed by atoms with E-state index < -0.39 is 0 Å². The first-order chi connectivity index (χ1) is 14.8. The summed E-state index contributed by atoms with van der Waals surface area (Å²) in [6.45, 7) is 5.66. The molecule has 1 fully saturated rings. The van der Waals surface area contributed by atoms with Gasteiger partial charge in [-0.25, -0.2) is 0 Å². The molecule has 2 aromatic carbocycles. The molecule has 0 bridgehead atoms. The summed E-state index contributed by atoms with van der Waals surface area (Å²) >= 11 is 0. The molecule has 0 spiro atoms. The van der Waals surface area contributed by atoms with Crippen LogP contribution in [0.2, 0.25) is 0 Å². The predicted molar refractivity (Wildman–Crippen MR) is 124 cm³/mol. The van der Waals surface area contributed by atoms with Crippen LogP contribution in [0.15, 0.2) is 72.4 Å². The molecular weight excluding hydrogens is 368 g/mol. The monoisotopic (exact) mass is 398 g/mol. The zero-order valence-corrected chi connectivity index (χ0v) is 18.0. The number of para-hydroxylation sites is 1. The molecule has 1 saturated carbocycles. The first kappa shape index (κ1) is 20.3. The Morgan fingerprint density at radius 1 is 1.03 bits per heavy atom. The maximum absolute atomic E-state index is 12.2. The van der Waals surface area contributed by atoms with Gasteiger partial charge in [0.2, 0.25) is 5.91 Å². The molecule has 30 heavy (non-hydrogen) atoms. The summed E-state index contributed by atoms with van der Waals surface area (Å²) in [6.07, 6.45) is 8.35. The number of rotatable bonds is 4. The van der Waals surface area contributed by atoms with Gasteiger partial charge < -0.3 is 4.90 Å². The molecule has 2 heterocycles. The SMILES string of the molecule is CC.O=C(C1CC1)N1CC=C(Cc2ccc(-c3cnc4ccccc4c3)cc2)CC1. The van der Waals surface area contributed by atoms with Gasteiger partial charge in [0.1, 0.15) is 0 Å². The van der Waals surface area contributed by atoms with Crippen LogP contribution in [0, 0.1) is 5.92 Å². The van der Waals surface area contributed by atoms with E-state index in [4.69, 9.17) is 0 Å². The Morgan fingerprint density at radius 3 is 2.50 bits per heavy atom. The molecule has 3 nitrogen and oxygen atoms in total. The number of nitrogens with zero attached hydrogens (tertiary/aromatic N) is 2. The second-order valence-electron chi connectivity index (χ2n) is 7.96. The largest absolute Gasteiger partial charge is 0.338 e. The summed E-state index contributed by atoms with van der Waals surface area (Å²) in [5.41, 5.74) is 6.14. The number of pyridine rings is 1. The highest BCUT2D eigenvalue weighted by Gasteiger charge is 2.33. The van der Waals surface area contributed by atoms with Gasteiger partial charge in [0.15, 0.2) is 0 Å². The molecule has 3 heteroatoms. The van der Waals surface area contributed by atoms with Crippen molar-refractivity contribution in [2.75, 3.05) is 13.1 Å². The third-order valence-corrected chi connectivity index (χ3v) is 5.85. The minimum atomic E-state index is 0.326. The van der Waals surface area contributed by atoms with Crippen molar-refractivity contribution >= 4 is 16.8 Å². The number of aromatic nitrogens is 1. The van der Waals surface area contributed by atoms with Crippen molar-refractivity contribution in [1.29, 1.82) is 0 Å². The minimum Gasteiger partial charge on any atom is -0.338 e. The summed E-state index contributed by atoms with van der Waals surface area (Å²) in [7, 11) is 0. The Labute approximate surface area is 179 Å². The topological polar surface area (TPSA) is 33.2 Å². The summed E-state index contributed by atoms with van der Waals surface area (Å²) in [5.74, 6) is 0.690. The zero-order valence-electron chi connectivity index (χ0n) is 18.0. The van der Waals surface area contributed by atoms with Crippen LogP contribution < -0.4 is 0 Å². The number of amides is 1. The fourth-order valence-electron chi connectivity index (χ4n) is 3.97. The van der Waals surface area contributed by atoms with Crippen molar-refractivity contribution in [2.24, 2.45) is 5.92 Å². The highest BCUT2D eigenvalue weighted by molar-refractivity contribution is 5.83. The number of hydrogen-bond donors (Lipinski definition) is 0. The first-order valence-electron chi connectivity index (χ1n) is 11.2. The Kier molecular flexibility index (Phi) is 6.27. The van der Waals surface area contributed by atoms with Gasteiger partial charge in [-0.15, -0.1) is 0 Å². The van der Waals surface area contributed by atoms with Crippen LogP contribution in [0.25, 0.3) is 22.0 Å². The lowest BCUT2D eigenvalue weighted by molar-refractivity contribution is -0.132. The van der Waals surface area contributed by atoms with Crippen molar-refractivity contribution < 1.29 is 4.79 Å². The van der Waals surface area contributed by atoms with E-state index in [9.17, 15) is 4.79 Å². The smallest absolute Gasteiger partial charge is 0.225 e. The van der Waals surface area contributed by atoms with Crippen LogP contribution >= 0.6 is 0 Å². The second kappa shape index (κ2) is 9.25. The van der Waals surface area contributed by atoms with Crippen LogP contribution in [0.4, 0.5) is 0 Å². The minimum absolute atomic E-state index is 0.326. The normalized spacial score (nSPS) is 15.9. The Morgan fingerprint density at radius 2 is 1.80 bits per heavy atom. The fraction of sp³-hybridized carbons (Fsp3) is 0.333. The molecule has 0 N–H and O–H groups in total. The standard InChI is InChI=1S/C25H24N2O.C2H6/c28-25(21-9-10-21)27-13-11-19(12-14-27)15-18-5-7-20(8-6-18)23-16-22-3-1-2-4-24(22)26-17-23;1-2/h1-8,11,16-17,21H,9-10,12-15H2;1-2H3. The van der Waals surface area contributed by atoms with Crippen LogP contribution in [0.1, 0.15) is 38.7 Å². The van der Waals surface area contributed by atoms with Crippen molar-refractivity contribution in [3.05, 3.63) is 78.0 Å². The molecule has 1 amide bonds. The van der Waals surface area contributed by atoms with Crippen molar-refractivity contribution in [3.8, 4) is 11.1 Å². The first-order valence-corrected chi connectivity index (χ1v) is 11.2. The molecule has 0 saturated heterocycles. The van der Waals surface area contributed by atoms with E-state index in [0.717, 1.165) is 49.9 Å². The third kappa shape index (κ3) is 4.62. The average Bonchev–Trinajstić information content (AvgIpc) is 3.66. The zero-order chi connectivity index (χ0) is 20.9. The molecule has 3 aromatic rings. The van der Waals surface area contributed by atoms with Crippen molar-refractivity contribution in [3.63, 3.8) is 0 Å². The number of carbonyl (C=O) groups is 1. The third-order valence-electron chi connectivity index (χ3n) is 5.85. The highest BCUT2D eigenvalue weighted by atomic mass is 16.2. The van der Waals surface area contributed by atoms with Crippen molar-refractivity contribution in [2.45, 2.75) is 39.5 Å². The fourth-order valence-corrected chi connectivity index (χ4v) is 3.97. The quantitative estimate of drug-likeness (QED) is 0.502. The Bertz CT molecular complexity index is 1050. The van der Waals surface area contributed by atoms with E-state index in [1.165, 1.54) is 22.1 Å². The van der Waals surface area contributed by atoms with Crippen LogP contribution in [0.5, 0.6) is 0 Å². The highest BCUT2D eigenvalue weighted by Crippen LogP contribution is 2.32. The van der Waals surface area contributed by atoms with Gasteiger partial charge >= 0.3 is 0 Å². The van der Waals surface area contributed by atoms with Crippen LogP contribution in [-0.4, -0.2) is 28.9 Å². The summed E-state index contributed by atoms with van der Waals surface area (Å²) in [6, 6.07) is 19.2. The predicted octanol–water partition coefficient (Wildman–Crippen LogP) is 6.04. The summed E-state index contributed by atoms with van der Waals surface area (Å²) in [4.78, 5) is 18.8. The average molecular weight is 399 g/mol. The van der Waals surface area contributed by atoms with Gasteiger partial charge in [-0.1, -0.05) is 68.0 Å². The number of hydrogen-bond acceptors (Lipinski definition) is 2. The van der Waals surface area contributed by atoms with E-state index in [0.29, 0.717) is 11.8 Å². The number of fused-ring (bicyclic) bond motifs is 1. The lowest BCUT2D eigenvalue weighted by Crippen LogP contribution is -2.36.